The highest BCUT2D eigenvalue weighted by molar-refractivity contribution is 7.80. The minimum absolute atomic E-state index is 0.111. The van der Waals surface area contributed by atoms with Gasteiger partial charge < -0.3 is 19.5 Å². The van der Waals surface area contributed by atoms with Gasteiger partial charge in [-0.2, -0.15) is 0 Å². The van der Waals surface area contributed by atoms with Crippen LogP contribution in [0.1, 0.15) is 34.7 Å². The number of thiocarbonyl (C=S) groups is 1. The first kappa shape index (κ1) is 20.5. The second-order valence-corrected chi connectivity index (χ2v) is 7.83. The highest BCUT2D eigenvalue weighted by Gasteiger charge is 2.42. The van der Waals surface area contributed by atoms with E-state index in [1.54, 1.807) is 25.4 Å². The smallest absolute Gasteiger partial charge is 0.174 e. The molecule has 1 aromatic carbocycles. The minimum Gasteiger partial charge on any atom is -0.383 e. The van der Waals surface area contributed by atoms with Crippen molar-refractivity contribution in [3.8, 4) is 0 Å². The molecule has 5 nitrogen and oxygen atoms in total. The van der Waals surface area contributed by atoms with E-state index < -0.39 is 0 Å². The normalized spacial score (nSPS) is 18.7. The number of aromatic nitrogens is 2. The molecule has 0 bridgehead atoms. The molecule has 0 radical (unpaired) electrons. The minimum atomic E-state index is -0.271. The molecule has 30 heavy (non-hydrogen) atoms. The first-order chi connectivity index (χ1) is 14.5. The number of hydrogen-bond donors (Lipinski definition) is 1. The number of aryl methyl sites for hydroxylation is 1. The van der Waals surface area contributed by atoms with Crippen molar-refractivity contribution in [3.05, 3.63) is 83.2 Å². The Bertz CT molecular complexity index is 1040. The maximum atomic E-state index is 13.6. The van der Waals surface area contributed by atoms with Crippen molar-refractivity contribution in [2.45, 2.75) is 32.5 Å². The summed E-state index contributed by atoms with van der Waals surface area (Å²) in [5, 5.41) is 4.05. The molecular weight excluding hydrogens is 399 g/mol. The SMILES string of the molecule is COCCn1c(C)cc(C2C(c3ccccn3)NC(=S)N2c2ccc(F)cc2)c1C. The lowest BCUT2D eigenvalue weighted by atomic mass is 9.96. The van der Waals surface area contributed by atoms with Gasteiger partial charge in [0.15, 0.2) is 5.11 Å². The van der Waals surface area contributed by atoms with Gasteiger partial charge in [0.05, 0.1) is 24.4 Å². The molecule has 2 aromatic heterocycles. The van der Waals surface area contributed by atoms with E-state index in [-0.39, 0.29) is 17.9 Å². The quantitative estimate of drug-likeness (QED) is 0.592. The van der Waals surface area contributed by atoms with Gasteiger partial charge >= 0.3 is 0 Å². The lowest BCUT2D eigenvalue weighted by Gasteiger charge is -2.28. The van der Waals surface area contributed by atoms with E-state index in [1.165, 1.54) is 12.1 Å². The molecule has 2 unspecified atom stereocenters. The van der Waals surface area contributed by atoms with Crippen LogP contribution < -0.4 is 10.2 Å². The Balaban J connectivity index is 1.83. The number of anilines is 1. The van der Waals surface area contributed by atoms with Crippen molar-refractivity contribution < 1.29 is 9.13 Å². The fourth-order valence-corrected chi connectivity index (χ4v) is 4.55. The van der Waals surface area contributed by atoms with Crippen molar-refractivity contribution in [1.29, 1.82) is 0 Å². The molecule has 4 rings (SSSR count). The molecule has 7 heteroatoms. The maximum absolute atomic E-state index is 13.6. The molecule has 1 N–H and O–H groups in total. The number of nitrogens with one attached hydrogen (secondary N) is 1. The first-order valence-electron chi connectivity index (χ1n) is 9.93. The Morgan fingerprint density at radius 3 is 2.60 bits per heavy atom. The number of pyridine rings is 1. The monoisotopic (exact) mass is 424 g/mol. The van der Waals surface area contributed by atoms with Gasteiger partial charge in [0.2, 0.25) is 0 Å². The zero-order valence-corrected chi connectivity index (χ0v) is 18.1. The van der Waals surface area contributed by atoms with Crippen LogP contribution in [0.4, 0.5) is 10.1 Å². The van der Waals surface area contributed by atoms with Crippen LogP contribution in [-0.2, 0) is 11.3 Å². The molecular formula is C23H25FN4OS. The Labute approximate surface area is 181 Å². The number of nitrogens with zero attached hydrogens (tertiary/aromatic N) is 3. The Morgan fingerprint density at radius 1 is 1.17 bits per heavy atom. The second kappa shape index (κ2) is 8.53. The van der Waals surface area contributed by atoms with E-state index in [1.807, 2.05) is 18.2 Å². The van der Waals surface area contributed by atoms with Crippen LogP contribution in [0.15, 0.2) is 54.7 Å². The van der Waals surface area contributed by atoms with Crippen molar-refractivity contribution >= 4 is 23.0 Å². The predicted octanol–water partition coefficient (Wildman–Crippen LogP) is 4.46. The van der Waals surface area contributed by atoms with Gasteiger partial charge in [0.1, 0.15) is 5.82 Å². The lowest BCUT2D eigenvalue weighted by molar-refractivity contribution is 0.186. The Morgan fingerprint density at radius 2 is 1.93 bits per heavy atom. The summed E-state index contributed by atoms with van der Waals surface area (Å²) < 4.78 is 21.1. The average Bonchev–Trinajstić information content (AvgIpc) is 3.23. The van der Waals surface area contributed by atoms with Gasteiger partial charge in [0.25, 0.3) is 0 Å². The molecule has 3 heterocycles. The Kier molecular flexibility index (Phi) is 5.83. The predicted molar refractivity (Wildman–Crippen MR) is 120 cm³/mol. The number of hydrogen-bond acceptors (Lipinski definition) is 3. The van der Waals surface area contributed by atoms with Gasteiger partial charge in [-0.1, -0.05) is 6.07 Å². The van der Waals surface area contributed by atoms with E-state index >= 15 is 0 Å². The number of benzene rings is 1. The van der Waals surface area contributed by atoms with E-state index in [0.29, 0.717) is 11.7 Å². The molecule has 1 fully saturated rings. The van der Waals surface area contributed by atoms with Gasteiger partial charge in [-0.3, -0.25) is 4.98 Å². The number of methoxy groups -OCH3 is 1. The molecule has 0 spiro atoms. The van der Waals surface area contributed by atoms with Crippen LogP contribution in [0.3, 0.4) is 0 Å². The van der Waals surface area contributed by atoms with E-state index in [9.17, 15) is 4.39 Å². The average molecular weight is 425 g/mol. The zero-order valence-electron chi connectivity index (χ0n) is 17.3. The summed E-state index contributed by atoms with van der Waals surface area (Å²) >= 11 is 5.73. The van der Waals surface area contributed by atoms with Crippen molar-refractivity contribution in [2.24, 2.45) is 0 Å². The Hall–Kier alpha value is -2.77. The molecule has 1 saturated heterocycles. The first-order valence-corrected chi connectivity index (χ1v) is 10.3. The van der Waals surface area contributed by atoms with Gasteiger partial charge in [-0.15, -0.1) is 0 Å². The number of ether oxygens (including phenoxy) is 1. The molecule has 2 atom stereocenters. The summed E-state index contributed by atoms with van der Waals surface area (Å²) in [4.78, 5) is 6.65. The van der Waals surface area contributed by atoms with E-state index in [2.05, 4.69) is 39.7 Å². The fraction of sp³-hybridized carbons (Fsp3) is 0.304. The number of halogens is 1. The molecule has 0 amide bonds. The summed E-state index contributed by atoms with van der Waals surface area (Å²) in [6, 6.07) is 14.3. The highest BCUT2D eigenvalue weighted by atomic mass is 32.1. The summed E-state index contributed by atoms with van der Waals surface area (Å²) in [6.45, 7) is 5.65. The standard InChI is InChI=1S/C23H25FN4OS/c1-15-14-19(16(2)27(15)12-13-29-3)22-21(20-6-4-5-11-25-20)26-23(30)28(22)18-9-7-17(24)8-10-18/h4-11,14,21-22H,12-13H2,1-3H3,(H,26,30). The molecule has 3 aromatic rings. The van der Waals surface area contributed by atoms with Crippen LogP contribution in [-0.4, -0.2) is 28.4 Å². The van der Waals surface area contributed by atoms with Crippen molar-refractivity contribution in [3.63, 3.8) is 0 Å². The second-order valence-electron chi connectivity index (χ2n) is 7.44. The number of rotatable bonds is 6. The van der Waals surface area contributed by atoms with Gasteiger partial charge in [-0.05, 0) is 74.1 Å². The summed E-state index contributed by atoms with van der Waals surface area (Å²) in [6.07, 6.45) is 1.79. The molecule has 0 saturated carbocycles. The summed E-state index contributed by atoms with van der Waals surface area (Å²) in [5.41, 5.74) is 5.25. The molecule has 1 aliphatic rings. The van der Waals surface area contributed by atoms with Crippen LogP contribution in [0.25, 0.3) is 0 Å². The van der Waals surface area contributed by atoms with Crippen LogP contribution in [0.2, 0.25) is 0 Å². The van der Waals surface area contributed by atoms with Crippen molar-refractivity contribution in [2.75, 3.05) is 18.6 Å². The topological polar surface area (TPSA) is 42.3 Å². The van der Waals surface area contributed by atoms with Crippen LogP contribution >= 0.6 is 12.2 Å². The van der Waals surface area contributed by atoms with Crippen LogP contribution in [0, 0.1) is 19.7 Å². The lowest BCUT2D eigenvalue weighted by Crippen LogP contribution is -2.29. The highest BCUT2D eigenvalue weighted by Crippen LogP contribution is 2.43. The molecule has 1 aliphatic heterocycles. The third-order valence-electron chi connectivity index (χ3n) is 5.65. The molecule has 156 valence electrons. The van der Waals surface area contributed by atoms with E-state index in [0.717, 1.165) is 34.9 Å². The fourth-order valence-electron chi connectivity index (χ4n) is 4.20. The third kappa shape index (κ3) is 3.70. The molecule has 0 aliphatic carbocycles. The van der Waals surface area contributed by atoms with Gasteiger partial charge in [0, 0.05) is 36.9 Å². The van der Waals surface area contributed by atoms with Crippen molar-refractivity contribution in [1.82, 2.24) is 14.9 Å². The van der Waals surface area contributed by atoms with Crippen LogP contribution in [0.5, 0.6) is 0 Å². The maximum Gasteiger partial charge on any atom is 0.174 e. The summed E-state index contributed by atoms with van der Waals surface area (Å²) in [7, 11) is 1.71. The summed E-state index contributed by atoms with van der Waals surface area (Å²) in [5.74, 6) is -0.271. The van der Waals surface area contributed by atoms with Gasteiger partial charge in [-0.25, -0.2) is 4.39 Å². The largest absolute Gasteiger partial charge is 0.383 e. The zero-order chi connectivity index (χ0) is 21.3. The third-order valence-corrected chi connectivity index (χ3v) is 5.97. The van der Waals surface area contributed by atoms with E-state index in [4.69, 9.17) is 17.0 Å².